The Balaban J connectivity index is 1.27. The smallest absolute Gasteiger partial charge is 0.320 e. The van der Waals surface area contributed by atoms with E-state index in [9.17, 15) is 4.79 Å². The highest BCUT2D eigenvalue weighted by molar-refractivity contribution is 6.29. The molecule has 2 fully saturated rings. The zero-order valence-corrected chi connectivity index (χ0v) is 21.5. The normalized spacial score (nSPS) is 18.6. The van der Waals surface area contributed by atoms with Crippen LogP contribution < -0.4 is 5.73 Å². The molecule has 2 aliphatic rings. The van der Waals surface area contributed by atoms with Gasteiger partial charge in [-0.3, -0.25) is 4.57 Å². The van der Waals surface area contributed by atoms with Crippen LogP contribution in [0.1, 0.15) is 17.9 Å². The van der Waals surface area contributed by atoms with Crippen molar-refractivity contribution in [2.75, 3.05) is 52.0 Å². The van der Waals surface area contributed by atoms with Crippen LogP contribution in [0.5, 0.6) is 0 Å². The summed E-state index contributed by atoms with van der Waals surface area (Å²) in [6.45, 7) is 4.99. The van der Waals surface area contributed by atoms with Crippen LogP contribution in [0.3, 0.4) is 0 Å². The summed E-state index contributed by atoms with van der Waals surface area (Å²) >= 11 is 6.25. The van der Waals surface area contributed by atoms with Crippen molar-refractivity contribution in [3.8, 4) is 17.1 Å². The van der Waals surface area contributed by atoms with Gasteiger partial charge in [0, 0.05) is 57.1 Å². The number of urea groups is 1. The lowest BCUT2D eigenvalue weighted by atomic mass is 9.98. The van der Waals surface area contributed by atoms with Gasteiger partial charge in [-0.15, -0.1) is 0 Å². The monoisotopic (exact) mass is 516 g/mol. The van der Waals surface area contributed by atoms with Crippen molar-refractivity contribution in [1.29, 1.82) is 0 Å². The molecule has 0 aliphatic carbocycles. The van der Waals surface area contributed by atoms with Gasteiger partial charge in [0.15, 0.2) is 11.5 Å². The predicted octanol–water partition coefficient (Wildman–Crippen LogP) is 3.87. The minimum Gasteiger partial charge on any atom is -0.383 e. The average molecular weight is 517 g/mol. The Morgan fingerprint density at radius 2 is 1.76 bits per heavy atom. The number of hydrogen-bond donors (Lipinski definition) is 1. The number of nitrogens with two attached hydrogens (primary N) is 1. The number of fused-ring (bicyclic) bond motifs is 1. The van der Waals surface area contributed by atoms with Crippen LogP contribution in [-0.4, -0.2) is 86.6 Å². The summed E-state index contributed by atoms with van der Waals surface area (Å²) in [6, 6.07) is 15.9. The lowest BCUT2D eigenvalue weighted by Gasteiger charge is -2.35. The van der Waals surface area contributed by atoms with Crippen LogP contribution >= 0.6 is 11.6 Å². The molecule has 10 heteroatoms. The van der Waals surface area contributed by atoms with E-state index < -0.39 is 0 Å². The lowest BCUT2D eigenvalue weighted by Crippen LogP contribution is -2.51. The van der Waals surface area contributed by atoms with Crippen LogP contribution in [0.15, 0.2) is 54.7 Å². The Morgan fingerprint density at radius 3 is 2.51 bits per heavy atom. The minimum absolute atomic E-state index is 0.166. The van der Waals surface area contributed by atoms with Gasteiger partial charge in [-0.2, -0.15) is 0 Å². The molecule has 0 spiro atoms. The molecule has 3 aromatic heterocycles. The molecule has 6 rings (SSSR count). The molecule has 1 atom stereocenters. The third-order valence-corrected chi connectivity index (χ3v) is 7.62. The van der Waals surface area contributed by atoms with Crippen molar-refractivity contribution in [3.63, 3.8) is 0 Å². The summed E-state index contributed by atoms with van der Waals surface area (Å²) in [5.74, 6) is 1.37. The molecule has 4 aromatic rings. The standard InChI is InChI=1S/C27H29ClN8O/c1-33-13-15-34(16-14-33)27(37)35-12-10-19(17-35)18-4-6-20(7-5-18)36-25(21-3-2-11-30-24(21)29)31-22-8-9-23(28)32-26(22)36/h2-9,11,19H,10,12-17H2,1H3,(H2,29,30). The van der Waals surface area contributed by atoms with E-state index in [4.69, 9.17) is 22.3 Å². The van der Waals surface area contributed by atoms with Crippen LogP contribution in [0.2, 0.25) is 5.15 Å². The highest BCUT2D eigenvalue weighted by Crippen LogP contribution is 2.33. The molecule has 37 heavy (non-hydrogen) atoms. The number of nitrogens with zero attached hydrogens (tertiary/aromatic N) is 7. The molecule has 5 heterocycles. The number of imidazole rings is 1. The van der Waals surface area contributed by atoms with Crippen molar-refractivity contribution in [1.82, 2.24) is 34.2 Å². The van der Waals surface area contributed by atoms with Gasteiger partial charge >= 0.3 is 6.03 Å². The van der Waals surface area contributed by atoms with Gasteiger partial charge < -0.3 is 20.4 Å². The first kappa shape index (κ1) is 23.7. The van der Waals surface area contributed by atoms with Crippen molar-refractivity contribution in [2.24, 2.45) is 0 Å². The number of aromatic nitrogens is 4. The molecule has 2 N–H and O–H groups in total. The molecule has 9 nitrogen and oxygen atoms in total. The van der Waals surface area contributed by atoms with E-state index in [1.165, 1.54) is 5.56 Å². The van der Waals surface area contributed by atoms with E-state index in [2.05, 4.69) is 46.2 Å². The molecule has 190 valence electrons. The molecule has 0 saturated carbocycles. The number of carbonyl (C=O) groups excluding carboxylic acids is 1. The Bertz CT molecular complexity index is 1440. The minimum atomic E-state index is 0.166. The SMILES string of the molecule is CN1CCN(C(=O)N2CCC(c3ccc(-n4c(-c5cccnc5N)nc5ccc(Cl)nc54)cc3)C2)CC1. The topological polar surface area (TPSA) is 96.4 Å². The van der Waals surface area contributed by atoms with Crippen LogP contribution in [0.25, 0.3) is 28.2 Å². The molecule has 0 radical (unpaired) electrons. The van der Waals surface area contributed by atoms with E-state index in [0.29, 0.717) is 28.4 Å². The van der Waals surface area contributed by atoms with Gasteiger partial charge in [-0.25, -0.2) is 19.7 Å². The summed E-state index contributed by atoms with van der Waals surface area (Å²) in [7, 11) is 2.10. The average Bonchev–Trinajstić information content (AvgIpc) is 3.54. The predicted molar refractivity (Wildman–Crippen MR) is 145 cm³/mol. The van der Waals surface area contributed by atoms with E-state index in [1.807, 2.05) is 32.6 Å². The molecule has 2 aliphatic heterocycles. The molecule has 0 bridgehead atoms. The zero-order chi connectivity index (χ0) is 25.5. The Morgan fingerprint density at radius 1 is 0.973 bits per heavy atom. The van der Waals surface area contributed by atoms with Crippen molar-refractivity contribution >= 4 is 34.6 Å². The van der Waals surface area contributed by atoms with Crippen LogP contribution in [-0.2, 0) is 0 Å². The largest absolute Gasteiger partial charge is 0.383 e. The van der Waals surface area contributed by atoms with Crippen LogP contribution in [0.4, 0.5) is 10.6 Å². The second-order valence-electron chi connectivity index (χ2n) is 9.78. The van der Waals surface area contributed by atoms with Crippen molar-refractivity contribution in [2.45, 2.75) is 12.3 Å². The summed E-state index contributed by atoms with van der Waals surface area (Å²) in [5.41, 5.74) is 10.4. The van der Waals surface area contributed by atoms with Crippen molar-refractivity contribution in [3.05, 3.63) is 65.4 Å². The maximum absolute atomic E-state index is 13.0. The maximum Gasteiger partial charge on any atom is 0.320 e. The molecule has 2 saturated heterocycles. The van der Waals surface area contributed by atoms with E-state index in [0.717, 1.165) is 62.5 Å². The van der Waals surface area contributed by atoms with E-state index >= 15 is 0 Å². The van der Waals surface area contributed by atoms with Crippen LogP contribution in [0, 0.1) is 0 Å². The molecular weight excluding hydrogens is 488 g/mol. The van der Waals surface area contributed by atoms with Crippen molar-refractivity contribution < 1.29 is 4.79 Å². The number of anilines is 1. The molecule has 2 amide bonds. The van der Waals surface area contributed by atoms with Gasteiger partial charge in [0.2, 0.25) is 0 Å². The lowest BCUT2D eigenvalue weighted by molar-refractivity contribution is 0.128. The second kappa shape index (κ2) is 9.64. The highest BCUT2D eigenvalue weighted by atomic mass is 35.5. The first-order chi connectivity index (χ1) is 18.0. The first-order valence-electron chi connectivity index (χ1n) is 12.6. The highest BCUT2D eigenvalue weighted by Gasteiger charge is 2.31. The Labute approximate surface area is 220 Å². The van der Waals surface area contributed by atoms with Gasteiger partial charge in [-0.1, -0.05) is 23.7 Å². The van der Waals surface area contributed by atoms with Gasteiger partial charge in [-0.05, 0) is 55.4 Å². The Kier molecular flexibility index (Phi) is 6.18. The third-order valence-electron chi connectivity index (χ3n) is 7.41. The number of benzene rings is 1. The fraction of sp³-hybridized carbons (Fsp3) is 0.333. The van der Waals surface area contributed by atoms with Gasteiger partial charge in [0.1, 0.15) is 16.5 Å². The summed E-state index contributed by atoms with van der Waals surface area (Å²) in [5, 5.41) is 0.395. The summed E-state index contributed by atoms with van der Waals surface area (Å²) < 4.78 is 1.97. The summed E-state index contributed by atoms with van der Waals surface area (Å²) in [4.78, 5) is 32.9. The number of amides is 2. The maximum atomic E-state index is 13.0. The van der Waals surface area contributed by atoms with Gasteiger partial charge in [0.25, 0.3) is 0 Å². The first-order valence-corrected chi connectivity index (χ1v) is 12.9. The number of hydrogen-bond acceptors (Lipinski definition) is 6. The van der Waals surface area contributed by atoms with E-state index in [-0.39, 0.29) is 6.03 Å². The number of piperazine rings is 1. The fourth-order valence-corrected chi connectivity index (χ4v) is 5.41. The number of halogens is 1. The molecule has 1 aromatic carbocycles. The number of carbonyl (C=O) groups is 1. The number of likely N-dealkylation sites (N-methyl/N-ethyl adjacent to an activating group) is 1. The quantitative estimate of drug-likeness (QED) is 0.415. The molecular formula is C27H29ClN8O. The third kappa shape index (κ3) is 4.49. The molecule has 1 unspecified atom stereocenters. The summed E-state index contributed by atoms with van der Waals surface area (Å²) in [6.07, 6.45) is 2.62. The number of pyridine rings is 2. The number of rotatable bonds is 3. The second-order valence-corrected chi connectivity index (χ2v) is 10.2. The number of nitrogen functional groups attached to an aromatic ring is 1. The fourth-order valence-electron chi connectivity index (χ4n) is 5.27. The van der Waals surface area contributed by atoms with E-state index in [1.54, 1.807) is 12.3 Å². The number of likely N-dealkylation sites (tertiary alicyclic amines) is 1. The Hall–Kier alpha value is -3.69. The zero-order valence-electron chi connectivity index (χ0n) is 20.7. The van der Waals surface area contributed by atoms with Gasteiger partial charge in [0.05, 0.1) is 5.56 Å².